The Morgan fingerprint density at radius 2 is 2.00 bits per heavy atom. The second-order valence-corrected chi connectivity index (χ2v) is 3.29. The molecule has 2 nitrogen and oxygen atoms in total. The van der Waals surface area contributed by atoms with Gasteiger partial charge in [0.25, 0.3) is 0 Å². The Bertz CT molecular complexity index is 441. The molecule has 0 amide bonds. The maximum absolute atomic E-state index is 5.99. The molecule has 0 atom stereocenters. The van der Waals surface area contributed by atoms with E-state index < -0.39 is 0 Å². The minimum Gasteiger partial charge on any atom is -0.385 e. The van der Waals surface area contributed by atoms with E-state index in [1.54, 1.807) is 0 Å². The molecule has 0 saturated carbocycles. The molecule has 0 spiro atoms. The van der Waals surface area contributed by atoms with Crippen LogP contribution in [-0.4, -0.2) is 4.57 Å². The van der Waals surface area contributed by atoms with E-state index in [0.717, 1.165) is 12.2 Å². The van der Waals surface area contributed by atoms with Crippen molar-refractivity contribution >= 4 is 16.7 Å². The predicted molar refractivity (Wildman–Crippen MR) is 56.7 cm³/mol. The second kappa shape index (κ2) is 2.80. The number of rotatable bonds is 1. The number of anilines is 1. The lowest BCUT2D eigenvalue weighted by Crippen LogP contribution is -1.97. The van der Waals surface area contributed by atoms with Crippen LogP contribution in [0.2, 0.25) is 0 Å². The van der Waals surface area contributed by atoms with Crippen LogP contribution < -0.4 is 5.73 Å². The number of hydrogen-bond acceptors (Lipinski definition) is 1. The third-order valence-electron chi connectivity index (χ3n) is 2.61. The molecule has 0 aliphatic heterocycles. The SMILES string of the molecule is CCc1c(N)n(C)c2ccccc12. The zero-order valence-electron chi connectivity index (χ0n) is 8.04. The first-order valence-electron chi connectivity index (χ1n) is 4.57. The van der Waals surface area contributed by atoms with Crippen molar-refractivity contribution in [2.45, 2.75) is 13.3 Å². The van der Waals surface area contributed by atoms with Gasteiger partial charge in [-0.05, 0) is 12.5 Å². The molecule has 0 bridgehead atoms. The van der Waals surface area contributed by atoms with Crippen molar-refractivity contribution in [3.05, 3.63) is 29.8 Å². The molecule has 0 fully saturated rings. The third-order valence-corrected chi connectivity index (χ3v) is 2.61. The summed E-state index contributed by atoms with van der Waals surface area (Å²) in [6.07, 6.45) is 0.993. The summed E-state index contributed by atoms with van der Waals surface area (Å²) in [5.41, 5.74) is 8.47. The molecule has 0 saturated heterocycles. The minimum absolute atomic E-state index is 0.892. The van der Waals surface area contributed by atoms with Crippen molar-refractivity contribution in [2.75, 3.05) is 5.73 Å². The predicted octanol–water partition coefficient (Wildman–Crippen LogP) is 2.32. The molecule has 2 aromatic rings. The van der Waals surface area contributed by atoms with Gasteiger partial charge in [0.1, 0.15) is 5.82 Å². The highest BCUT2D eigenvalue weighted by atomic mass is 15.0. The minimum atomic E-state index is 0.892. The zero-order chi connectivity index (χ0) is 9.42. The fourth-order valence-corrected chi connectivity index (χ4v) is 1.86. The zero-order valence-corrected chi connectivity index (χ0v) is 8.04. The maximum Gasteiger partial charge on any atom is 0.107 e. The number of nitrogen functional groups attached to an aromatic ring is 1. The van der Waals surface area contributed by atoms with Crippen LogP contribution in [0.5, 0.6) is 0 Å². The molecule has 1 heterocycles. The van der Waals surface area contributed by atoms with Crippen molar-refractivity contribution in [2.24, 2.45) is 7.05 Å². The molecule has 13 heavy (non-hydrogen) atoms. The molecular weight excluding hydrogens is 160 g/mol. The van der Waals surface area contributed by atoms with Crippen LogP contribution >= 0.6 is 0 Å². The summed E-state index contributed by atoms with van der Waals surface area (Å²) < 4.78 is 2.05. The van der Waals surface area contributed by atoms with Crippen molar-refractivity contribution in [1.29, 1.82) is 0 Å². The number of para-hydroxylation sites is 1. The van der Waals surface area contributed by atoms with Gasteiger partial charge in [0.05, 0.1) is 0 Å². The van der Waals surface area contributed by atoms with Crippen LogP contribution in [0.4, 0.5) is 5.82 Å². The molecule has 68 valence electrons. The van der Waals surface area contributed by atoms with E-state index in [2.05, 4.69) is 25.1 Å². The first kappa shape index (κ1) is 8.17. The van der Waals surface area contributed by atoms with Gasteiger partial charge >= 0.3 is 0 Å². The standard InChI is InChI=1S/C11H14N2/c1-3-8-9-6-4-5-7-10(9)13(2)11(8)12/h4-7H,3,12H2,1-2H3. The van der Waals surface area contributed by atoms with Crippen molar-refractivity contribution in [3.63, 3.8) is 0 Å². The summed E-state index contributed by atoms with van der Waals surface area (Å²) >= 11 is 0. The van der Waals surface area contributed by atoms with E-state index in [4.69, 9.17) is 5.73 Å². The maximum atomic E-state index is 5.99. The number of hydrogen-bond donors (Lipinski definition) is 1. The van der Waals surface area contributed by atoms with Gasteiger partial charge < -0.3 is 10.3 Å². The van der Waals surface area contributed by atoms with Gasteiger partial charge in [-0.2, -0.15) is 0 Å². The van der Waals surface area contributed by atoms with E-state index in [1.807, 2.05) is 17.7 Å². The topological polar surface area (TPSA) is 30.9 Å². The highest BCUT2D eigenvalue weighted by Gasteiger charge is 2.09. The third kappa shape index (κ3) is 1.02. The fraction of sp³-hybridized carbons (Fsp3) is 0.273. The van der Waals surface area contributed by atoms with Crippen LogP contribution in [0.1, 0.15) is 12.5 Å². The van der Waals surface area contributed by atoms with Gasteiger partial charge in [0.15, 0.2) is 0 Å². The first-order chi connectivity index (χ1) is 6.25. The number of nitrogens with two attached hydrogens (primary N) is 1. The van der Waals surface area contributed by atoms with Crippen LogP contribution in [0.3, 0.4) is 0 Å². The summed E-state index contributed by atoms with van der Waals surface area (Å²) in [5, 5.41) is 1.28. The largest absolute Gasteiger partial charge is 0.385 e. The van der Waals surface area contributed by atoms with Gasteiger partial charge in [-0.25, -0.2) is 0 Å². The number of benzene rings is 1. The van der Waals surface area contributed by atoms with Crippen molar-refractivity contribution in [3.8, 4) is 0 Å². The Balaban J connectivity index is 2.90. The molecule has 0 unspecified atom stereocenters. The summed E-state index contributed by atoms with van der Waals surface area (Å²) in [5.74, 6) is 0.892. The average molecular weight is 174 g/mol. The molecule has 2 heteroatoms. The van der Waals surface area contributed by atoms with E-state index in [1.165, 1.54) is 16.5 Å². The quantitative estimate of drug-likeness (QED) is 0.706. The van der Waals surface area contributed by atoms with E-state index in [0.29, 0.717) is 0 Å². The lowest BCUT2D eigenvalue weighted by atomic mass is 10.1. The summed E-state index contributed by atoms with van der Waals surface area (Å²) in [4.78, 5) is 0. The van der Waals surface area contributed by atoms with Gasteiger partial charge in [-0.1, -0.05) is 25.1 Å². The molecule has 0 aliphatic carbocycles. The molecule has 1 aromatic heterocycles. The van der Waals surface area contributed by atoms with Gasteiger partial charge in [-0.3, -0.25) is 0 Å². The lowest BCUT2D eigenvalue weighted by molar-refractivity contribution is 0.970. The van der Waals surface area contributed by atoms with Crippen LogP contribution in [0, 0.1) is 0 Å². The molecule has 0 aliphatic rings. The number of nitrogens with zero attached hydrogens (tertiary/aromatic N) is 1. The monoisotopic (exact) mass is 174 g/mol. The number of aromatic nitrogens is 1. The van der Waals surface area contributed by atoms with Gasteiger partial charge in [0, 0.05) is 23.5 Å². The Kier molecular flexibility index (Phi) is 1.76. The molecule has 2 N–H and O–H groups in total. The summed E-state index contributed by atoms with van der Waals surface area (Å²) in [6.45, 7) is 2.14. The Morgan fingerprint density at radius 3 is 2.69 bits per heavy atom. The van der Waals surface area contributed by atoms with Crippen LogP contribution in [-0.2, 0) is 13.5 Å². The Labute approximate surface area is 78.0 Å². The van der Waals surface area contributed by atoms with Crippen molar-refractivity contribution < 1.29 is 0 Å². The van der Waals surface area contributed by atoms with Crippen LogP contribution in [0.15, 0.2) is 24.3 Å². The lowest BCUT2D eigenvalue weighted by Gasteiger charge is -1.97. The molecule has 2 rings (SSSR count). The second-order valence-electron chi connectivity index (χ2n) is 3.29. The summed E-state index contributed by atoms with van der Waals surface area (Å²) in [7, 11) is 2.01. The Morgan fingerprint density at radius 1 is 1.31 bits per heavy atom. The first-order valence-corrected chi connectivity index (χ1v) is 4.57. The molecule has 0 radical (unpaired) electrons. The highest BCUT2D eigenvalue weighted by Crippen LogP contribution is 2.26. The van der Waals surface area contributed by atoms with E-state index >= 15 is 0 Å². The normalized spacial score (nSPS) is 10.9. The molecule has 1 aromatic carbocycles. The van der Waals surface area contributed by atoms with E-state index in [-0.39, 0.29) is 0 Å². The van der Waals surface area contributed by atoms with Crippen LogP contribution in [0.25, 0.3) is 10.9 Å². The highest BCUT2D eigenvalue weighted by molar-refractivity contribution is 5.89. The van der Waals surface area contributed by atoms with Crippen molar-refractivity contribution in [1.82, 2.24) is 4.57 Å². The average Bonchev–Trinajstić information content (AvgIpc) is 2.41. The number of aryl methyl sites for hydroxylation is 2. The molecular formula is C11H14N2. The number of fused-ring (bicyclic) bond motifs is 1. The van der Waals surface area contributed by atoms with Gasteiger partial charge in [0.2, 0.25) is 0 Å². The summed E-state index contributed by atoms with van der Waals surface area (Å²) in [6, 6.07) is 8.33. The fourth-order valence-electron chi connectivity index (χ4n) is 1.86. The Hall–Kier alpha value is -1.44. The van der Waals surface area contributed by atoms with Gasteiger partial charge in [-0.15, -0.1) is 0 Å². The van der Waals surface area contributed by atoms with E-state index in [9.17, 15) is 0 Å². The smallest absolute Gasteiger partial charge is 0.107 e.